The van der Waals surface area contributed by atoms with Crippen molar-refractivity contribution < 1.29 is 13.2 Å². The van der Waals surface area contributed by atoms with Gasteiger partial charge in [0.2, 0.25) is 15.9 Å². The van der Waals surface area contributed by atoms with Crippen molar-refractivity contribution in [2.24, 2.45) is 0 Å². The summed E-state index contributed by atoms with van der Waals surface area (Å²) in [6.45, 7) is 7.67. The second kappa shape index (κ2) is 8.97. The molecular weight excluding hydrogens is 396 g/mol. The van der Waals surface area contributed by atoms with Crippen LogP contribution in [-0.2, 0) is 14.8 Å². The van der Waals surface area contributed by atoms with Gasteiger partial charge < -0.3 is 5.32 Å². The summed E-state index contributed by atoms with van der Waals surface area (Å²) in [7, 11) is -3.72. The van der Waals surface area contributed by atoms with Crippen molar-refractivity contribution >= 4 is 38.9 Å². The fraction of sp³-hybridized carbons (Fsp3) is 0.381. The third-order valence-corrected chi connectivity index (χ3v) is 5.98. The smallest absolute Gasteiger partial charge is 0.248 e. The molecule has 5 nitrogen and oxygen atoms in total. The number of nitrogens with one attached hydrogen (secondary N) is 1. The average Bonchev–Trinajstić information content (AvgIpc) is 2.61. The lowest BCUT2D eigenvalue weighted by atomic mass is 10.0. The van der Waals surface area contributed by atoms with E-state index in [1.54, 1.807) is 32.0 Å². The van der Waals surface area contributed by atoms with Crippen LogP contribution in [-0.4, -0.2) is 26.6 Å². The molecule has 2 aromatic rings. The Kier molecular flexibility index (Phi) is 7.12. The third kappa shape index (κ3) is 5.06. The van der Waals surface area contributed by atoms with Crippen molar-refractivity contribution in [2.45, 2.75) is 46.1 Å². The predicted octanol–water partition coefficient (Wildman–Crippen LogP) is 4.96. The Bertz CT molecular complexity index is 958. The molecule has 0 aliphatic heterocycles. The highest BCUT2D eigenvalue weighted by Crippen LogP contribution is 2.30. The zero-order valence-electron chi connectivity index (χ0n) is 16.9. The maximum Gasteiger partial charge on any atom is 0.248 e. The molecule has 0 saturated heterocycles. The van der Waals surface area contributed by atoms with E-state index in [-0.39, 0.29) is 11.8 Å². The Morgan fingerprint density at radius 1 is 1.18 bits per heavy atom. The van der Waals surface area contributed by atoms with Gasteiger partial charge in [0.25, 0.3) is 0 Å². The van der Waals surface area contributed by atoms with Crippen LogP contribution in [0.15, 0.2) is 42.5 Å². The first kappa shape index (κ1) is 22.2. The number of aryl methyl sites for hydroxylation is 1. The molecule has 0 heterocycles. The Hall–Kier alpha value is -2.05. The molecule has 0 unspecified atom stereocenters. The maximum atomic E-state index is 13.1. The molecule has 0 fully saturated rings. The van der Waals surface area contributed by atoms with E-state index in [9.17, 15) is 13.2 Å². The zero-order chi connectivity index (χ0) is 21.1. The van der Waals surface area contributed by atoms with Crippen LogP contribution in [0.25, 0.3) is 0 Å². The second-order valence-electron chi connectivity index (χ2n) is 7.14. The summed E-state index contributed by atoms with van der Waals surface area (Å²) in [6.07, 6.45) is 1.42. The fourth-order valence-corrected chi connectivity index (χ4v) is 4.61. The molecule has 1 atom stereocenters. The van der Waals surface area contributed by atoms with Crippen molar-refractivity contribution in [3.05, 3.63) is 58.6 Å². The second-order valence-corrected chi connectivity index (χ2v) is 9.44. The number of carbonyl (C=O) groups is 1. The predicted molar refractivity (Wildman–Crippen MR) is 117 cm³/mol. The molecule has 0 saturated carbocycles. The third-order valence-electron chi connectivity index (χ3n) is 4.58. The molecule has 1 N–H and O–H groups in total. The number of nitrogens with zero attached hydrogens (tertiary/aromatic N) is 1. The van der Waals surface area contributed by atoms with Gasteiger partial charge in [0.15, 0.2) is 0 Å². The molecule has 0 bridgehead atoms. The minimum atomic E-state index is -3.72. The molecular formula is C21H27ClN2O3S. The van der Waals surface area contributed by atoms with Gasteiger partial charge in [0.05, 0.1) is 11.9 Å². The summed E-state index contributed by atoms with van der Waals surface area (Å²) < 4.78 is 26.4. The largest absolute Gasteiger partial charge is 0.324 e. The zero-order valence-corrected chi connectivity index (χ0v) is 18.4. The van der Waals surface area contributed by atoms with Crippen LogP contribution in [0.4, 0.5) is 11.4 Å². The molecule has 28 heavy (non-hydrogen) atoms. The first-order chi connectivity index (χ1) is 13.1. The summed E-state index contributed by atoms with van der Waals surface area (Å²) in [6, 6.07) is 11.7. The summed E-state index contributed by atoms with van der Waals surface area (Å²) >= 11 is 6.10. The van der Waals surface area contributed by atoms with E-state index in [2.05, 4.69) is 5.32 Å². The van der Waals surface area contributed by atoms with E-state index < -0.39 is 16.1 Å². The van der Waals surface area contributed by atoms with E-state index in [0.29, 0.717) is 22.8 Å². The molecule has 2 rings (SSSR count). The monoisotopic (exact) mass is 422 g/mol. The van der Waals surface area contributed by atoms with E-state index in [1.165, 1.54) is 4.31 Å². The average molecular weight is 423 g/mol. The first-order valence-corrected chi connectivity index (χ1v) is 11.4. The fourth-order valence-electron chi connectivity index (χ4n) is 3.19. The summed E-state index contributed by atoms with van der Waals surface area (Å²) in [5, 5.41) is 3.33. The lowest BCUT2D eigenvalue weighted by molar-refractivity contribution is -0.117. The van der Waals surface area contributed by atoms with Crippen LogP contribution in [0.5, 0.6) is 0 Å². The van der Waals surface area contributed by atoms with Crippen molar-refractivity contribution in [1.82, 2.24) is 0 Å². The molecule has 0 aliphatic carbocycles. The lowest BCUT2D eigenvalue weighted by Gasteiger charge is -2.31. The molecule has 2 aromatic carbocycles. The van der Waals surface area contributed by atoms with Gasteiger partial charge in [0, 0.05) is 10.7 Å². The number of hydrogen-bond acceptors (Lipinski definition) is 3. The number of halogens is 1. The van der Waals surface area contributed by atoms with E-state index >= 15 is 0 Å². The van der Waals surface area contributed by atoms with Gasteiger partial charge in [-0.15, -0.1) is 0 Å². The number of rotatable bonds is 7. The molecule has 0 aromatic heterocycles. The van der Waals surface area contributed by atoms with Crippen LogP contribution >= 0.6 is 11.6 Å². The van der Waals surface area contributed by atoms with Gasteiger partial charge >= 0.3 is 0 Å². The molecule has 0 radical (unpaired) electrons. The standard InChI is InChI=1S/C21H27ClN2O3S/c1-6-19(21(25)23-18-10-8-7-9-17(18)14(2)3)24(28(5,26)27)20-13-16(22)12-11-15(20)4/h7-14,19H,6H2,1-5H3,(H,23,25)/t19-/m1/s1. The van der Waals surface area contributed by atoms with Crippen LogP contribution in [0.3, 0.4) is 0 Å². The van der Waals surface area contributed by atoms with Crippen LogP contribution in [0.1, 0.15) is 44.2 Å². The van der Waals surface area contributed by atoms with Gasteiger partial charge in [-0.25, -0.2) is 8.42 Å². The number of carbonyl (C=O) groups excluding carboxylic acids is 1. The number of para-hydroxylation sites is 1. The number of amides is 1. The summed E-state index contributed by atoms with van der Waals surface area (Å²) in [5.41, 5.74) is 2.82. The molecule has 7 heteroatoms. The van der Waals surface area contributed by atoms with Crippen LogP contribution in [0.2, 0.25) is 5.02 Å². The molecule has 152 valence electrons. The number of sulfonamides is 1. The van der Waals surface area contributed by atoms with Gasteiger partial charge in [-0.1, -0.05) is 56.6 Å². The SMILES string of the molecule is CC[C@H](C(=O)Nc1ccccc1C(C)C)N(c1cc(Cl)ccc1C)S(C)(=O)=O. The van der Waals surface area contributed by atoms with Crippen LogP contribution < -0.4 is 9.62 Å². The summed E-state index contributed by atoms with van der Waals surface area (Å²) in [5.74, 6) is -0.154. The minimum Gasteiger partial charge on any atom is -0.324 e. The van der Waals surface area contributed by atoms with Gasteiger partial charge in [-0.2, -0.15) is 0 Å². The quantitative estimate of drug-likeness (QED) is 0.686. The van der Waals surface area contributed by atoms with Crippen molar-refractivity contribution in [2.75, 3.05) is 15.9 Å². The van der Waals surface area contributed by atoms with Crippen molar-refractivity contribution in [3.8, 4) is 0 Å². The van der Waals surface area contributed by atoms with Gasteiger partial charge in [0.1, 0.15) is 6.04 Å². The Balaban J connectivity index is 2.47. The van der Waals surface area contributed by atoms with Crippen molar-refractivity contribution in [1.29, 1.82) is 0 Å². The van der Waals surface area contributed by atoms with Crippen molar-refractivity contribution in [3.63, 3.8) is 0 Å². The first-order valence-electron chi connectivity index (χ1n) is 9.21. The highest BCUT2D eigenvalue weighted by atomic mass is 35.5. The molecule has 0 spiro atoms. The van der Waals surface area contributed by atoms with Crippen LogP contribution in [0, 0.1) is 6.92 Å². The minimum absolute atomic E-state index is 0.220. The Morgan fingerprint density at radius 2 is 1.82 bits per heavy atom. The molecule has 0 aliphatic rings. The Labute approximate surface area is 172 Å². The number of hydrogen-bond donors (Lipinski definition) is 1. The topological polar surface area (TPSA) is 66.5 Å². The lowest BCUT2D eigenvalue weighted by Crippen LogP contribution is -2.47. The molecule has 1 amide bonds. The normalized spacial score (nSPS) is 12.7. The van der Waals surface area contributed by atoms with E-state index in [4.69, 9.17) is 11.6 Å². The number of anilines is 2. The highest BCUT2D eigenvalue weighted by molar-refractivity contribution is 7.92. The highest BCUT2D eigenvalue weighted by Gasteiger charge is 2.32. The van der Waals surface area contributed by atoms with Gasteiger partial charge in [-0.3, -0.25) is 9.10 Å². The summed E-state index contributed by atoms with van der Waals surface area (Å²) in [4.78, 5) is 13.1. The van der Waals surface area contributed by atoms with Gasteiger partial charge in [-0.05, 0) is 48.6 Å². The van der Waals surface area contributed by atoms with E-state index in [1.807, 2.05) is 38.1 Å². The number of benzene rings is 2. The Morgan fingerprint density at radius 3 is 2.39 bits per heavy atom. The van der Waals surface area contributed by atoms with E-state index in [0.717, 1.165) is 17.4 Å². The maximum absolute atomic E-state index is 13.1.